The average Bonchev–Trinajstić information content (AvgIpc) is 3.04. The second kappa shape index (κ2) is 4.65. The first-order valence-electron chi connectivity index (χ1n) is 10.6. The van der Waals surface area contributed by atoms with Crippen LogP contribution in [-0.4, -0.2) is 58.7 Å². The van der Waals surface area contributed by atoms with Gasteiger partial charge >= 0.3 is 0 Å². The highest BCUT2D eigenvalue weighted by Gasteiger charge is 2.82. The number of nitrogens with zero attached hydrogens (tertiary/aromatic N) is 2. The van der Waals surface area contributed by atoms with Crippen molar-refractivity contribution in [3.8, 4) is 0 Å². The Morgan fingerprint density at radius 2 is 1.96 bits per heavy atom. The van der Waals surface area contributed by atoms with Crippen molar-refractivity contribution in [2.45, 2.75) is 69.0 Å². The van der Waals surface area contributed by atoms with Crippen molar-refractivity contribution in [1.29, 1.82) is 0 Å². The van der Waals surface area contributed by atoms with Crippen LogP contribution in [0.2, 0.25) is 0 Å². The fraction of sp³-hybridized carbons (Fsp3) is 0.727. The number of quaternary nitrogens is 1. The van der Waals surface area contributed by atoms with Crippen molar-refractivity contribution >= 4 is 5.69 Å². The summed E-state index contributed by atoms with van der Waals surface area (Å²) in [6.45, 7) is 5.48. The van der Waals surface area contributed by atoms with Gasteiger partial charge in [-0.2, -0.15) is 0 Å². The highest BCUT2D eigenvalue weighted by Crippen LogP contribution is 2.71. The van der Waals surface area contributed by atoms with E-state index in [1.807, 2.05) is 0 Å². The summed E-state index contributed by atoms with van der Waals surface area (Å²) in [6.07, 6.45) is 2.71. The monoisotopic (exact) mass is 355 g/mol. The van der Waals surface area contributed by atoms with Crippen LogP contribution in [0.4, 0.5) is 5.69 Å². The predicted octanol–water partition coefficient (Wildman–Crippen LogP) is 2.09. The SMILES string of the molecule is CC[C@@H]1[C@H]2C[C@H]3[C@@H]4N(C)c5ccccc5[C@@]45C[C@@H]([C@@H]2[C@@H]5O)[N@+]3(CC)[C@@H]1O. The van der Waals surface area contributed by atoms with E-state index in [0.717, 1.165) is 23.9 Å². The number of anilines is 1. The summed E-state index contributed by atoms with van der Waals surface area (Å²) in [5, 5.41) is 23.4. The first-order chi connectivity index (χ1) is 12.5. The molecule has 1 aliphatic carbocycles. The van der Waals surface area contributed by atoms with Crippen LogP contribution in [0.15, 0.2) is 24.3 Å². The Bertz CT molecular complexity index is 783. The molecule has 2 N–H and O–H groups in total. The number of piperidine rings is 4. The molecule has 6 aliphatic rings. The third kappa shape index (κ3) is 1.30. The number of fused-ring (bicyclic) bond motifs is 2. The molecule has 5 bridgehead atoms. The van der Waals surface area contributed by atoms with Gasteiger partial charge in [-0.05, 0) is 30.9 Å². The fourth-order valence-corrected chi connectivity index (χ4v) is 9.03. The molecule has 0 unspecified atom stereocenters. The van der Waals surface area contributed by atoms with Gasteiger partial charge in [0.05, 0.1) is 30.1 Å². The molecular weight excluding hydrogens is 324 g/mol. The molecule has 5 aliphatic heterocycles. The molecule has 0 aromatic heterocycles. The van der Waals surface area contributed by atoms with Gasteiger partial charge in [0.2, 0.25) is 0 Å². The summed E-state index contributed by atoms with van der Waals surface area (Å²) in [4.78, 5) is 2.46. The van der Waals surface area contributed by atoms with Gasteiger partial charge in [-0.1, -0.05) is 25.1 Å². The lowest BCUT2D eigenvalue weighted by molar-refractivity contribution is -1.04. The summed E-state index contributed by atoms with van der Waals surface area (Å²) in [7, 11) is 2.22. The topological polar surface area (TPSA) is 43.7 Å². The summed E-state index contributed by atoms with van der Waals surface area (Å²) in [5.41, 5.74) is 2.55. The van der Waals surface area contributed by atoms with Crippen LogP contribution < -0.4 is 4.90 Å². The zero-order valence-corrected chi connectivity index (χ0v) is 16.0. The molecule has 0 radical (unpaired) electrons. The van der Waals surface area contributed by atoms with Crippen LogP contribution in [0.5, 0.6) is 0 Å². The number of aliphatic hydroxyl groups excluding tert-OH is 2. The molecule has 10 atom stereocenters. The lowest BCUT2D eigenvalue weighted by atomic mass is 9.60. The summed E-state index contributed by atoms with van der Waals surface area (Å²) < 4.78 is 0.849. The zero-order valence-electron chi connectivity index (χ0n) is 16.0. The Morgan fingerprint density at radius 1 is 1.19 bits per heavy atom. The van der Waals surface area contributed by atoms with E-state index in [4.69, 9.17) is 0 Å². The molecule has 1 aromatic carbocycles. The number of aliphatic hydroxyl groups is 2. The van der Waals surface area contributed by atoms with Crippen LogP contribution in [0.3, 0.4) is 0 Å². The standard InChI is InChI=1S/C22H31N2O2/c1-4-12-13-10-16-19-22(14-8-6-7-9-15(14)23(19)3)11-17(18(13)20(22)25)24(16,5-2)21(12)26/h6-9,12-13,16-21,25-26H,4-5,10-11H2,1-3H3/q+1/t12-,13-,16+,17+,18-,19+,20+,21-,22+,24-/m1/s1. The smallest absolute Gasteiger partial charge is 0.194 e. The molecule has 5 heterocycles. The predicted molar refractivity (Wildman–Crippen MR) is 101 cm³/mol. The Labute approximate surface area is 156 Å². The summed E-state index contributed by atoms with van der Waals surface area (Å²) >= 11 is 0. The highest BCUT2D eigenvalue weighted by atomic mass is 16.3. The fourth-order valence-electron chi connectivity index (χ4n) is 9.03. The van der Waals surface area contributed by atoms with Crippen molar-refractivity contribution in [1.82, 2.24) is 0 Å². The Balaban J connectivity index is 1.63. The van der Waals surface area contributed by atoms with E-state index in [9.17, 15) is 10.2 Å². The maximum Gasteiger partial charge on any atom is 0.194 e. The average molecular weight is 356 g/mol. The molecule has 26 heavy (non-hydrogen) atoms. The van der Waals surface area contributed by atoms with Crippen LogP contribution in [-0.2, 0) is 5.41 Å². The lowest BCUT2D eigenvalue weighted by Gasteiger charge is -2.67. The van der Waals surface area contributed by atoms with E-state index in [0.29, 0.717) is 35.9 Å². The first kappa shape index (κ1) is 15.9. The van der Waals surface area contributed by atoms with Crippen molar-refractivity contribution in [3.63, 3.8) is 0 Å². The minimum absolute atomic E-state index is 0.126. The van der Waals surface area contributed by atoms with Gasteiger partial charge in [0, 0.05) is 37.4 Å². The van der Waals surface area contributed by atoms with Crippen LogP contribution >= 0.6 is 0 Å². The first-order valence-corrected chi connectivity index (χ1v) is 10.6. The molecule has 1 aromatic rings. The van der Waals surface area contributed by atoms with Gasteiger partial charge in [-0.15, -0.1) is 0 Å². The van der Waals surface area contributed by atoms with E-state index in [1.165, 1.54) is 17.7 Å². The Hall–Kier alpha value is -1.10. The van der Waals surface area contributed by atoms with Gasteiger partial charge in [0.15, 0.2) is 6.23 Å². The van der Waals surface area contributed by atoms with Gasteiger partial charge in [-0.25, -0.2) is 0 Å². The van der Waals surface area contributed by atoms with Gasteiger partial charge in [0.25, 0.3) is 0 Å². The van der Waals surface area contributed by atoms with E-state index >= 15 is 0 Å². The molecular formula is C22H31N2O2+. The van der Waals surface area contributed by atoms with Crippen molar-refractivity contribution in [2.75, 3.05) is 18.5 Å². The molecule has 4 nitrogen and oxygen atoms in total. The lowest BCUT2D eigenvalue weighted by Crippen LogP contribution is -2.82. The van der Waals surface area contributed by atoms with Crippen LogP contribution in [0, 0.1) is 17.8 Å². The quantitative estimate of drug-likeness (QED) is 0.799. The zero-order chi connectivity index (χ0) is 18.0. The van der Waals surface area contributed by atoms with Gasteiger partial charge in [0.1, 0.15) is 6.04 Å². The normalized spacial score (nSPS) is 55.3. The third-order valence-corrected chi connectivity index (χ3v) is 9.67. The minimum atomic E-state index is -0.272. The number of rotatable bonds is 2. The number of hydrogen-bond acceptors (Lipinski definition) is 3. The van der Waals surface area contributed by atoms with Crippen LogP contribution in [0.1, 0.15) is 38.7 Å². The Kier molecular flexibility index (Phi) is 2.85. The van der Waals surface area contributed by atoms with Gasteiger partial charge < -0.3 is 15.1 Å². The van der Waals surface area contributed by atoms with Crippen molar-refractivity contribution < 1.29 is 14.7 Å². The molecule has 1 spiro atoms. The van der Waals surface area contributed by atoms with Gasteiger partial charge in [-0.3, -0.25) is 4.48 Å². The van der Waals surface area contributed by atoms with Crippen LogP contribution in [0.25, 0.3) is 0 Å². The van der Waals surface area contributed by atoms with E-state index in [2.05, 4.69) is 50.1 Å². The molecule has 7 rings (SSSR count). The number of para-hydroxylation sites is 1. The van der Waals surface area contributed by atoms with Crippen molar-refractivity contribution in [2.24, 2.45) is 17.8 Å². The number of benzene rings is 1. The largest absolute Gasteiger partial charge is 0.392 e. The molecule has 140 valence electrons. The summed E-state index contributed by atoms with van der Waals surface area (Å²) in [6, 6.07) is 9.93. The molecule has 4 saturated heterocycles. The maximum atomic E-state index is 11.8. The van der Waals surface area contributed by atoms with E-state index in [1.54, 1.807) is 0 Å². The third-order valence-electron chi connectivity index (χ3n) is 9.67. The molecule has 5 fully saturated rings. The highest BCUT2D eigenvalue weighted by molar-refractivity contribution is 5.66. The second-order valence-corrected chi connectivity index (χ2v) is 9.67. The maximum absolute atomic E-state index is 11.8. The Morgan fingerprint density at radius 3 is 2.69 bits per heavy atom. The number of likely N-dealkylation sites (N-methyl/N-ethyl adjacent to an activating group) is 2. The van der Waals surface area contributed by atoms with E-state index in [-0.39, 0.29) is 17.7 Å². The molecule has 4 heteroatoms. The summed E-state index contributed by atoms with van der Waals surface area (Å²) in [5.74, 6) is 1.18. The number of hydrogen-bond donors (Lipinski definition) is 2. The second-order valence-electron chi connectivity index (χ2n) is 9.67. The molecule has 1 saturated carbocycles. The minimum Gasteiger partial charge on any atom is -0.392 e. The molecule has 0 amide bonds. The van der Waals surface area contributed by atoms with E-state index < -0.39 is 0 Å². The van der Waals surface area contributed by atoms with Crippen molar-refractivity contribution in [3.05, 3.63) is 29.8 Å².